The first kappa shape index (κ1) is 11.0. The second-order valence-electron chi connectivity index (χ2n) is 4.88. The number of hydrogen-bond donors (Lipinski definition) is 0. The quantitative estimate of drug-likeness (QED) is 0.562. The first-order chi connectivity index (χ1) is 8.47. The second kappa shape index (κ2) is 3.19. The van der Waals surface area contributed by atoms with E-state index in [1.807, 2.05) is 0 Å². The molecule has 5 heteroatoms. The molecular weight excluding hydrogens is 232 g/mol. The van der Waals surface area contributed by atoms with Gasteiger partial charge in [0.1, 0.15) is 0 Å². The maximum absolute atomic E-state index is 12.2. The fourth-order valence-corrected chi connectivity index (χ4v) is 2.70. The Morgan fingerprint density at radius 3 is 2.67 bits per heavy atom. The third-order valence-electron chi connectivity index (χ3n) is 3.97. The minimum absolute atomic E-state index is 0.0428. The lowest BCUT2D eigenvalue weighted by molar-refractivity contribution is -0.384. The number of amides is 1. The Bertz CT molecular complexity index is 602. The molecule has 3 rings (SSSR count). The number of carbonyl (C=O) groups excluding carboxylic acids is 1. The van der Waals surface area contributed by atoms with Crippen LogP contribution in [0.2, 0.25) is 0 Å². The van der Waals surface area contributed by atoms with Crippen molar-refractivity contribution in [3.8, 4) is 0 Å². The summed E-state index contributed by atoms with van der Waals surface area (Å²) in [6.07, 6.45) is 1.91. The van der Waals surface area contributed by atoms with Crippen LogP contribution in [0.5, 0.6) is 0 Å². The standard InChI is InChI=1S/C13H12N2O3/c1-8-13(5-6-13)11-4-3-9(15(17)18)7-10(11)12(16)14(8)2/h3-4,7H,1,5-6H2,2H3. The second-order valence-corrected chi connectivity index (χ2v) is 4.88. The largest absolute Gasteiger partial charge is 0.315 e. The van der Waals surface area contributed by atoms with Crippen LogP contribution in [-0.4, -0.2) is 22.8 Å². The van der Waals surface area contributed by atoms with Crippen molar-refractivity contribution in [3.63, 3.8) is 0 Å². The van der Waals surface area contributed by atoms with Crippen LogP contribution in [0.1, 0.15) is 28.8 Å². The van der Waals surface area contributed by atoms with Crippen LogP contribution in [0.3, 0.4) is 0 Å². The third kappa shape index (κ3) is 1.19. The van der Waals surface area contributed by atoms with Gasteiger partial charge in [-0.2, -0.15) is 0 Å². The molecule has 0 atom stereocenters. The monoisotopic (exact) mass is 244 g/mol. The highest BCUT2D eigenvalue weighted by Gasteiger charge is 2.53. The van der Waals surface area contributed by atoms with Gasteiger partial charge in [0.25, 0.3) is 11.6 Å². The molecule has 0 aromatic heterocycles. The van der Waals surface area contributed by atoms with E-state index in [1.54, 1.807) is 13.1 Å². The summed E-state index contributed by atoms with van der Waals surface area (Å²) in [6.45, 7) is 3.99. The maximum atomic E-state index is 12.2. The third-order valence-corrected chi connectivity index (χ3v) is 3.97. The fraction of sp³-hybridized carbons (Fsp3) is 0.308. The van der Waals surface area contributed by atoms with Gasteiger partial charge in [0.15, 0.2) is 0 Å². The molecule has 1 amide bonds. The number of carbonyl (C=O) groups is 1. The molecule has 0 radical (unpaired) electrons. The van der Waals surface area contributed by atoms with Gasteiger partial charge in [-0.3, -0.25) is 14.9 Å². The zero-order valence-corrected chi connectivity index (χ0v) is 9.97. The Morgan fingerprint density at radius 2 is 2.11 bits per heavy atom. The smallest absolute Gasteiger partial charge is 0.270 e. The Morgan fingerprint density at radius 1 is 1.44 bits per heavy atom. The van der Waals surface area contributed by atoms with Gasteiger partial charge in [0.05, 0.1) is 10.5 Å². The normalized spacial score (nSPS) is 19.9. The van der Waals surface area contributed by atoms with Gasteiger partial charge in [0, 0.05) is 30.3 Å². The highest BCUT2D eigenvalue weighted by atomic mass is 16.6. The van der Waals surface area contributed by atoms with Gasteiger partial charge < -0.3 is 4.90 Å². The fourth-order valence-electron chi connectivity index (χ4n) is 2.70. The van der Waals surface area contributed by atoms with Gasteiger partial charge in [-0.15, -0.1) is 0 Å². The van der Waals surface area contributed by atoms with E-state index >= 15 is 0 Å². The lowest BCUT2D eigenvalue weighted by Gasteiger charge is -2.34. The zero-order valence-electron chi connectivity index (χ0n) is 9.97. The highest BCUT2D eigenvalue weighted by Crippen LogP contribution is 2.57. The molecule has 1 aromatic rings. The zero-order chi connectivity index (χ0) is 13.1. The van der Waals surface area contributed by atoms with Gasteiger partial charge >= 0.3 is 0 Å². The summed E-state index contributed by atoms with van der Waals surface area (Å²) in [5, 5.41) is 10.8. The molecule has 1 aliphatic carbocycles. The molecule has 1 saturated carbocycles. The molecule has 2 aliphatic rings. The molecule has 0 bridgehead atoms. The lowest BCUT2D eigenvalue weighted by atomic mass is 9.84. The SMILES string of the molecule is C=C1N(C)C(=O)c2cc([N+](=O)[O-])ccc2C12CC2. The van der Waals surface area contributed by atoms with E-state index < -0.39 is 4.92 Å². The number of non-ortho nitro benzene ring substituents is 1. The lowest BCUT2D eigenvalue weighted by Crippen LogP contribution is -2.38. The number of nitro groups is 1. The summed E-state index contributed by atoms with van der Waals surface area (Å²) < 4.78 is 0. The van der Waals surface area contributed by atoms with Crippen LogP contribution in [-0.2, 0) is 5.41 Å². The van der Waals surface area contributed by atoms with E-state index in [0.29, 0.717) is 5.56 Å². The molecule has 0 N–H and O–H groups in total. The highest BCUT2D eigenvalue weighted by molar-refractivity contribution is 6.00. The molecule has 18 heavy (non-hydrogen) atoms. The summed E-state index contributed by atoms with van der Waals surface area (Å²) in [6, 6.07) is 4.54. The van der Waals surface area contributed by atoms with Crippen molar-refractivity contribution < 1.29 is 9.72 Å². The van der Waals surface area contributed by atoms with Crippen LogP contribution < -0.4 is 0 Å². The number of nitrogens with zero attached hydrogens (tertiary/aromatic N) is 2. The first-order valence-corrected chi connectivity index (χ1v) is 5.74. The molecule has 1 aromatic carbocycles. The van der Waals surface area contributed by atoms with Gasteiger partial charge in [-0.25, -0.2) is 0 Å². The average Bonchev–Trinajstić information content (AvgIpc) is 3.15. The van der Waals surface area contributed by atoms with E-state index in [2.05, 4.69) is 6.58 Å². The molecule has 0 unspecified atom stereocenters. The van der Waals surface area contributed by atoms with Crippen molar-refractivity contribution in [2.45, 2.75) is 18.3 Å². The molecule has 1 spiro atoms. The van der Waals surface area contributed by atoms with Crippen molar-refractivity contribution >= 4 is 11.6 Å². The van der Waals surface area contributed by atoms with Crippen molar-refractivity contribution in [3.05, 3.63) is 51.7 Å². The maximum Gasteiger partial charge on any atom is 0.270 e. The molecule has 1 fully saturated rings. The van der Waals surface area contributed by atoms with Gasteiger partial charge in [0.2, 0.25) is 0 Å². The summed E-state index contributed by atoms with van der Waals surface area (Å²) in [4.78, 5) is 24.0. The van der Waals surface area contributed by atoms with Crippen LogP contribution in [0.4, 0.5) is 5.69 Å². The molecular formula is C13H12N2O3. The molecule has 1 aliphatic heterocycles. The first-order valence-electron chi connectivity index (χ1n) is 5.74. The van der Waals surface area contributed by atoms with Crippen molar-refractivity contribution in [1.29, 1.82) is 0 Å². The predicted octanol–water partition coefficient (Wildman–Crippen LogP) is 2.23. The Hall–Kier alpha value is -2.17. The summed E-state index contributed by atoms with van der Waals surface area (Å²) in [5.74, 6) is -0.212. The number of hydrogen-bond acceptors (Lipinski definition) is 3. The van der Waals surface area contributed by atoms with E-state index in [1.165, 1.54) is 17.0 Å². The van der Waals surface area contributed by atoms with Gasteiger partial charge in [-0.05, 0) is 18.4 Å². The van der Waals surface area contributed by atoms with Crippen LogP contribution in [0.15, 0.2) is 30.5 Å². The number of fused-ring (bicyclic) bond motifs is 2. The number of likely N-dealkylation sites (N-methyl/N-ethyl adjacent to an activating group) is 1. The number of allylic oxidation sites excluding steroid dienone is 1. The Labute approximate surface area is 104 Å². The van der Waals surface area contributed by atoms with Gasteiger partial charge in [-0.1, -0.05) is 12.6 Å². The summed E-state index contributed by atoms with van der Waals surface area (Å²) in [7, 11) is 1.67. The van der Waals surface area contributed by atoms with E-state index in [0.717, 1.165) is 24.1 Å². The number of rotatable bonds is 1. The van der Waals surface area contributed by atoms with Crippen LogP contribution in [0, 0.1) is 10.1 Å². The van der Waals surface area contributed by atoms with Crippen molar-refractivity contribution in [2.75, 3.05) is 7.05 Å². The molecule has 92 valence electrons. The average molecular weight is 244 g/mol. The molecule has 5 nitrogen and oxygen atoms in total. The van der Waals surface area contributed by atoms with E-state index in [4.69, 9.17) is 0 Å². The molecule has 0 saturated heterocycles. The summed E-state index contributed by atoms with van der Waals surface area (Å²) in [5.41, 5.74) is 1.93. The Balaban J connectivity index is 2.23. The van der Waals surface area contributed by atoms with E-state index in [9.17, 15) is 14.9 Å². The van der Waals surface area contributed by atoms with E-state index in [-0.39, 0.29) is 17.0 Å². The molecule has 1 heterocycles. The van der Waals surface area contributed by atoms with Crippen molar-refractivity contribution in [2.24, 2.45) is 0 Å². The topological polar surface area (TPSA) is 63.5 Å². The number of nitro benzene ring substituents is 1. The van der Waals surface area contributed by atoms with Crippen molar-refractivity contribution in [1.82, 2.24) is 4.90 Å². The Kier molecular flexibility index (Phi) is 1.94. The minimum atomic E-state index is -0.476. The van der Waals surface area contributed by atoms with Crippen LogP contribution in [0.25, 0.3) is 0 Å². The van der Waals surface area contributed by atoms with Crippen LogP contribution >= 0.6 is 0 Å². The predicted molar refractivity (Wildman–Crippen MR) is 65.2 cm³/mol. The number of benzene rings is 1. The minimum Gasteiger partial charge on any atom is -0.315 e. The summed E-state index contributed by atoms with van der Waals surface area (Å²) >= 11 is 0.